The van der Waals surface area contributed by atoms with Crippen LogP contribution in [-0.4, -0.2) is 50.8 Å². The second-order valence-corrected chi connectivity index (χ2v) is 7.09. The molecule has 1 saturated heterocycles. The Morgan fingerprint density at radius 2 is 1.69 bits per heavy atom. The standard InChI is InChI=1S/C21H25FN6.ClH/c1-3-28-15-18(16(2)25-28)14-26-10-12-27(13-11-26)21-20(23-8-9-24-21)17-4-6-19(22)7-5-17;/h4-9,15H,3,10-14H2,1-2H3;1H. The van der Waals surface area contributed by atoms with E-state index >= 15 is 0 Å². The van der Waals surface area contributed by atoms with Gasteiger partial charge in [0.05, 0.1) is 5.69 Å². The summed E-state index contributed by atoms with van der Waals surface area (Å²) >= 11 is 0. The Bertz CT molecular complexity index is 935. The lowest BCUT2D eigenvalue weighted by Gasteiger charge is -2.35. The van der Waals surface area contributed by atoms with Gasteiger partial charge in [0.25, 0.3) is 0 Å². The minimum atomic E-state index is -0.246. The number of rotatable bonds is 5. The summed E-state index contributed by atoms with van der Waals surface area (Å²) in [4.78, 5) is 13.8. The monoisotopic (exact) mass is 416 g/mol. The molecular weight excluding hydrogens is 391 g/mol. The van der Waals surface area contributed by atoms with Crippen LogP contribution in [0.5, 0.6) is 0 Å². The molecule has 0 aliphatic carbocycles. The molecule has 29 heavy (non-hydrogen) atoms. The van der Waals surface area contributed by atoms with E-state index in [1.165, 1.54) is 17.7 Å². The Kier molecular flexibility index (Phi) is 6.82. The third kappa shape index (κ3) is 4.74. The Morgan fingerprint density at radius 1 is 1.00 bits per heavy atom. The van der Waals surface area contributed by atoms with E-state index in [0.29, 0.717) is 0 Å². The van der Waals surface area contributed by atoms with Gasteiger partial charge in [0, 0.05) is 69.0 Å². The zero-order chi connectivity index (χ0) is 19.5. The first-order chi connectivity index (χ1) is 13.6. The van der Waals surface area contributed by atoms with Crippen LogP contribution in [-0.2, 0) is 13.1 Å². The van der Waals surface area contributed by atoms with E-state index < -0.39 is 0 Å². The maximum atomic E-state index is 13.3. The van der Waals surface area contributed by atoms with E-state index in [1.54, 1.807) is 24.5 Å². The number of aromatic nitrogens is 4. The van der Waals surface area contributed by atoms with Crippen LogP contribution in [0.25, 0.3) is 11.3 Å². The van der Waals surface area contributed by atoms with Crippen molar-refractivity contribution in [3.63, 3.8) is 0 Å². The summed E-state index contributed by atoms with van der Waals surface area (Å²) in [6.07, 6.45) is 5.56. The molecule has 3 heterocycles. The second-order valence-electron chi connectivity index (χ2n) is 7.09. The fourth-order valence-electron chi connectivity index (χ4n) is 3.61. The molecule has 4 rings (SSSR count). The highest BCUT2D eigenvalue weighted by Crippen LogP contribution is 2.27. The maximum absolute atomic E-state index is 13.3. The summed E-state index contributed by atoms with van der Waals surface area (Å²) < 4.78 is 15.3. The average Bonchev–Trinajstić information content (AvgIpc) is 3.09. The third-order valence-electron chi connectivity index (χ3n) is 5.23. The van der Waals surface area contributed by atoms with Gasteiger partial charge in [-0.1, -0.05) is 0 Å². The lowest BCUT2D eigenvalue weighted by molar-refractivity contribution is 0.249. The molecule has 8 heteroatoms. The predicted molar refractivity (Wildman–Crippen MR) is 115 cm³/mol. The van der Waals surface area contributed by atoms with Crippen molar-refractivity contribution in [2.75, 3.05) is 31.1 Å². The second kappa shape index (κ2) is 9.33. The van der Waals surface area contributed by atoms with Crippen LogP contribution in [0.2, 0.25) is 0 Å². The first kappa shape index (κ1) is 21.2. The van der Waals surface area contributed by atoms with E-state index in [2.05, 4.69) is 44.9 Å². The van der Waals surface area contributed by atoms with Crippen molar-refractivity contribution in [3.8, 4) is 11.3 Å². The molecule has 0 saturated carbocycles. The Hall–Kier alpha value is -2.51. The van der Waals surface area contributed by atoms with Crippen LogP contribution in [0, 0.1) is 12.7 Å². The highest BCUT2D eigenvalue weighted by molar-refractivity contribution is 5.85. The quantitative estimate of drug-likeness (QED) is 0.636. The van der Waals surface area contributed by atoms with Gasteiger partial charge in [0.15, 0.2) is 5.82 Å². The van der Waals surface area contributed by atoms with E-state index in [4.69, 9.17) is 0 Å². The van der Waals surface area contributed by atoms with Crippen molar-refractivity contribution in [2.24, 2.45) is 0 Å². The van der Waals surface area contributed by atoms with Gasteiger partial charge in [-0.05, 0) is 38.1 Å². The molecule has 0 bridgehead atoms. The van der Waals surface area contributed by atoms with Gasteiger partial charge < -0.3 is 4.90 Å². The first-order valence-corrected chi connectivity index (χ1v) is 9.71. The van der Waals surface area contributed by atoms with Crippen molar-refractivity contribution < 1.29 is 4.39 Å². The summed E-state index contributed by atoms with van der Waals surface area (Å²) in [7, 11) is 0. The molecule has 0 N–H and O–H groups in total. The van der Waals surface area contributed by atoms with Gasteiger partial charge in [-0.15, -0.1) is 12.4 Å². The van der Waals surface area contributed by atoms with Gasteiger partial charge in [-0.3, -0.25) is 14.6 Å². The number of nitrogens with zero attached hydrogens (tertiary/aromatic N) is 6. The summed E-state index contributed by atoms with van der Waals surface area (Å²) in [5.41, 5.74) is 4.09. The molecule has 1 aliphatic heterocycles. The van der Waals surface area contributed by atoms with Crippen LogP contribution in [0.4, 0.5) is 10.2 Å². The van der Waals surface area contributed by atoms with E-state index in [-0.39, 0.29) is 18.2 Å². The molecule has 154 valence electrons. The number of hydrogen-bond acceptors (Lipinski definition) is 5. The van der Waals surface area contributed by atoms with Crippen molar-refractivity contribution in [1.29, 1.82) is 0 Å². The number of halogens is 2. The van der Waals surface area contributed by atoms with Gasteiger partial charge in [0.2, 0.25) is 0 Å². The molecule has 1 aromatic carbocycles. The van der Waals surface area contributed by atoms with Crippen LogP contribution < -0.4 is 4.90 Å². The third-order valence-corrected chi connectivity index (χ3v) is 5.23. The number of anilines is 1. The van der Waals surface area contributed by atoms with Gasteiger partial charge in [-0.25, -0.2) is 9.37 Å². The smallest absolute Gasteiger partial charge is 0.155 e. The summed E-state index contributed by atoms with van der Waals surface area (Å²) in [6, 6.07) is 6.44. The van der Waals surface area contributed by atoms with Crippen molar-refractivity contribution in [3.05, 3.63) is 59.9 Å². The molecule has 0 spiro atoms. The molecule has 6 nitrogen and oxygen atoms in total. The normalized spacial score (nSPS) is 14.7. The van der Waals surface area contributed by atoms with Crippen molar-refractivity contribution >= 4 is 18.2 Å². The van der Waals surface area contributed by atoms with Gasteiger partial charge >= 0.3 is 0 Å². The van der Waals surface area contributed by atoms with E-state index in [1.807, 2.05) is 4.68 Å². The van der Waals surface area contributed by atoms with Crippen LogP contribution >= 0.6 is 12.4 Å². The number of aryl methyl sites for hydroxylation is 2. The summed E-state index contributed by atoms with van der Waals surface area (Å²) in [6.45, 7) is 9.67. The highest BCUT2D eigenvalue weighted by Gasteiger charge is 2.22. The largest absolute Gasteiger partial charge is 0.352 e. The van der Waals surface area contributed by atoms with Crippen LogP contribution in [0.1, 0.15) is 18.2 Å². The van der Waals surface area contributed by atoms with E-state index in [0.717, 1.165) is 62.0 Å². The summed E-state index contributed by atoms with van der Waals surface area (Å²) in [5.74, 6) is 0.619. The molecule has 3 aromatic rings. The molecule has 0 radical (unpaired) electrons. The zero-order valence-electron chi connectivity index (χ0n) is 16.8. The SMILES string of the molecule is CCn1cc(CN2CCN(c3nccnc3-c3ccc(F)cc3)CC2)c(C)n1.Cl. The lowest BCUT2D eigenvalue weighted by Crippen LogP contribution is -2.46. The molecule has 0 amide bonds. The molecule has 1 aliphatic rings. The first-order valence-electron chi connectivity index (χ1n) is 9.71. The fraction of sp³-hybridized carbons (Fsp3) is 0.381. The molecule has 2 aromatic heterocycles. The lowest BCUT2D eigenvalue weighted by atomic mass is 10.1. The minimum Gasteiger partial charge on any atom is -0.352 e. The fourth-order valence-corrected chi connectivity index (χ4v) is 3.61. The number of benzene rings is 1. The van der Waals surface area contributed by atoms with Crippen molar-refractivity contribution in [2.45, 2.75) is 26.9 Å². The topological polar surface area (TPSA) is 50.1 Å². The van der Waals surface area contributed by atoms with E-state index in [9.17, 15) is 4.39 Å². The maximum Gasteiger partial charge on any atom is 0.155 e. The van der Waals surface area contributed by atoms with Crippen LogP contribution in [0.15, 0.2) is 42.9 Å². The Balaban J connectivity index is 0.00000240. The summed E-state index contributed by atoms with van der Waals surface area (Å²) in [5, 5.41) is 4.54. The molecule has 0 atom stereocenters. The van der Waals surface area contributed by atoms with Crippen LogP contribution in [0.3, 0.4) is 0 Å². The Morgan fingerprint density at radius 3 is 2.34 bits per heavy atom. The number of hydrogen-bond donors (Lipinski definition) is 0. The van der Waals surface area contributed by atoms with Gasteiger partial charge in [-0.2, -0.15) is 5.10 Å². The molecule has 0 unspecified atom stereocenters. The number of piperazine rings is 1. The highest BCUT2D eigenvalue weighted by atomic mass is 35.5. The minimum absolute atomic E-state index is 0. The zero-order valence-corrected chi connectivity index (χ0v) is 17.6. The van der Waals surface area contributed by atoms with Gasteiger partial charge in [0.1, 0.15) is 11.5 Å². The van der Waals surface area contributed by atoms with Crippen molar-refractivity contribution in [1.82, 2.24) is 24.6 Å². The molecule has 1 fully saturated rings. The average molecular weight is 417 g/mol. The predicted octanol–water partition coefficient (Wildman–Crippen LogP) is 3.55. The molecular formula is C21H26ClFN6. The Labute approximate surface area is 176 Å².